The number of aromatic nitrogens is 1. The van der Waals surface area contributed by atoms with Crippen LogP contribution in [-0.2, 0) is 0 Å². The number of benzene rings is 1. The highest BCUT2D eigenvalue weighted by atomic mass is 35.5. The smallest absolute Gasteiger partial charge is 0.267 e. The second-order valence-corrected chi connectivity index (χ2v) is 6.64. The fraction of sp³-hybridized carbons (Fsp3) is 0.0625. The fourth-order valence-electron chi connectivity index (χ4n) is 1.78. The van der Waals surface area contributed by atoms with Crippen LogP contribution in [0.2, 0.25) is 5.02 Å². The van der Waals surface area contributed by atoms with Crippen LogP contribution in [0.15, 0.2) is 52.5 Å². The van der Waals surface area contributed by atoms with E-state index in [9.17, 15) is 4.79 Å². The summed E-state index contributed by atoms with van der Waals surface area (Å²) in [6, 6.07) is 5.40. The van der Waals surface area contributed by atoms with Gasteiger partial charge in [0.15, 0.2) is 5.13 Å². The zero-order valence-corrected chi connectivity index (χ0v) is 15.5. The number of hydrogen-bond acceptors (Lipinski definition) is 6. The molecule has 0 unspecified atom stereocenters. The molecule has 130 valence electrons. The molecule has 0 fully saturated rings. The van der Waals surface area contributed by atoms with Gasteiger partial charge in [0.1, 0.15) is 15.9 Å². The number of carbonyl (C=O) groups excluding carboxylic acids is 1. The number of allylic oxidation sites excluding steroid dienone is 2. The minimum Gasteiger partial charge on any atom is -0.385 e. The Balaban J connectivity index is 2.08. The fourth-order valence-corrected chi connectivity index (χ4v) is 2.84. The minimum atomic E-state index is -0.303. The van der Waals surface area contributed by atoms with E-state index < -0.39 is 0 Å². The van der Waals surface area contributed by atoms with Gasteiger partial charge in [-0.05, 0) is 37.4 Å². The highest BCUT2D eigenvalue weighted by Crippen LogP contribution is 2.27. The maximum atomic E-state index is 12.4. The number of hydrogen-bond donors (Lipinski definition) is 3. The van der Waals surface area contributed by atoms with Crippen LogP contribution in [0.4, 0.5) is 10.8 Å². The Hall–Kier alpha value is -2.35. The average Bonchev–Trinajstić information content (AvgIpc) is 3.04. The third-order valence-corrected chi connectivity index (χ3v) is 4.46. The number of amides is 1. The molecule has 4 N–H and O–H groups in total. The van der Waals surface area contributed by atoms with Crippen LogP contribution in [0.1, 0.15) is 15.2 Å². The van der Waals surface area contributed by atoms with Crippen molar-refractivity contribution in [2.24, 2.45) is 10.7 Å². The molecule has 1 amide bonds. The van der Waals surface area contributed by atoms with E-state index in [4.69, 9.17) is 28.9 Å². The number of aryl methyl sites for hydroxylation is 1. The summed E-state index contributed by atoms with van der Waals surface area (Å²) in [4.78, 5) is 20.4. The topological polar surface area (TPSA) is 92.4 Å². The maximum absolute atomic E-state index is 12.4. The SMILES string of the molecule is C=N/C(Cl)=C\C=C(/N)Nc1ncc(C(=O)Nc2c(C)cccc2Cl)s1. The lowest BCUT2D eigenvalue weighted by molar-refractivity contribution is 0.103. The molecule has 9 heteroatoms. The summed E-state index contributed by atoms with van der Waals surface area (Å²) in [6.07, 6.45) is 4.46. The van der Waals surface area contributed by atoms with E-state index in [0.717, 1.165) is 16.9 Å². The molecule has 2 aromatic rings. The van der Waals surface area contributed by atoms with Crippen molar-refractivity contribution >= 4 is 58.0 Å². The van der Waals surface area contributed by atoms with E-state index in [2.05, 4.69) is 27.3 Å². The molecule has 1 heterocycles. The summed E-state index contributed by atoms with van der Waals surface area (Å²) in [5.41, 5.74) is 7.24. The van der Waals surface area contributed by atoms with Crippen LogP contribution >= 0.6 is 34.5 Å². The largest absolute Gasteiger partial charge is 0.385 e. The summed E-state index contributed by atoms with van der Waals surface area (Å²) in [6.45, 7) is 5.15. The van der Waals surface area contributed by atoms with E-state index in [1.54, 1.807) is 6.07 Å². The molecule has 0 saturated heterocycles. The van der Waals surface area contributed by atoms with Crippen molar-refractivity contribution in [2.45, 2.75) is 6.92 Å². The van der Waals surface area contributed by atoms with E-state index in [1.165, 1.54) is 18.3 Å². The van der Waals surface area contributed by atoms with Crippen LogP contribution in [0, 0.1) is 6.92 Å². The summed E-state index contributed by atoms with van der Waals surface area (Å²) in [5, 5.41) is 6.79. The molecule has 0 saturated carbocycles. The molecule has 6 nitrogen and oxygen atoms in total. The van der Waals surface area contributed by atoms with Gasteiger partial charge in [-0.2, -0.15) is 0 Å². The minimum absolute atomic E-state index is 0.207. The van der Waals surface area contributed by atoms with Crippen molar-refractivity contribution in [1.29, 1.82) is 0 Å². The Kier molecular flexibility index (Phi) is 6.58. The van der Waals surface area contributed by atoms with Crippen LogP contribution in [0.5, 0.6) is 0 Å². The van der Waals surface area contributed by atoms with E-state index in [1.807, 2.05) is 19.1 Å². The molecule has 0 spiro atoms. The van der Waals surface area contributed by atoms with Crippen molar-refractivity contribution in [1.82, 2.24) is 4.98 Å². The van der Waals surface area contributed by atoms with Gasteiger partial charge in [-0.1, -0.05) is 46.7 Å². The molecule has 0 bridgehead atoms. The monoisotopic (exact) mass is 395 g/mol. The van der Waals surface area contributed by atoms with E-state index in [0.29, 0.717) is 26.5 Å². The Morgan fingerprint density at radius 3 is 2.84 bits per heavy atom. The number of carbonyl (C=O) groups is 1. The quantitative estimate of drug-likeness (QED) is 0.385. The first kappa shape index (κ1) is 19.0. The van der Waals surface area contributed by atoms with Gasteiger partial charge < -0.3 is 16.4 Å². The molecule has 0 radical (unpaired) electrons. The highest BCUT2D eigenvalue weighted by Gasteiger charge is 2.13. The van der Waals surface area contributed by atoms with Gasteiger partial charge in [0.2, 0.25) is 0 Å². The van der Waals surface area contributed by atoms with Gasteiger partial charge in [0.05, 0.1) is 16.9 Å². The van der Waals surface area contributed by atoms with E-state index in [-0.39, 0.29) is 11.1 Å². The third-order valence-electron chi connectivity index (χ3n) is 2.99. The Bertz CT molecular complexity index is 840. The summed E-state index contributed by atoms with van der Waals surface area (Å²) >= 11 is 13.0. The predicted octanol–water partition coefficient (Wildman–Crippen LogP) is 4.35. The number of para-hydroxylation sites is 1. The molecular weight excluding hydrogens is 381 g/mol. The van der Waals surface area contributed by atoms with Crippen molar-refractivity contribution in [2.75, 3.05) is 10.6 Å². The summed E-state index contributed by atoms with van der Waals surface area (Å²) < 4.78 is 0. The standard InChI is InChI=1S/C16H15Cl2N5OS/c1-9-4-3-5-10(17)14(9)23-15(24)11-8-21-16(25-11)22-13(19)7-6-12(18)20-2/h3-8H,2,19H2,1H3,(H,21,22)(H,23,24)/b12-6-,13-7+. The maximum Gasteiger partial charge on any atom is 0.267 e. The van der Waals surface area contributed by atoms with Crippen molar-refractivity contribution in [3.63, 3.8) is 0 Å². The van der Waals surface area contributed by atoms with Gasteiger partial charge in [-0.3, -0.25) is 9.79 Å². The summed E-state index contributed by atoms with van der Waals surface area (Å²) in [5.74, 6) is -0.00634. The molecule has 0 aliphatic heterocycles. The van der Waals surface area contributed by atoms with Gasteiger partial charge in [-0.15, -0.1) is 0 Å². The predicted molar refractivity (Wildman–Crippen MR) is 106 cm³/mol. The number of nitrogens with two attached hydrogens (primary N) is 1. The van der Waals surface area contributed by atoms with Gasteiger partial charge >= 0.3 is 0 Å². The molecule has 0 aliphatic carbocycles. The second-order valence-electron chi connectivity index (χ2n) is 4.81. The number of nitrogens with zero attached hydrogens (tertiary/aromatic N) is 2. The highest BCUT2D eigenvalue weighted by molar-refractivity contribution is 7.17. The average molecular weight is 396 g/mol. The van der Waals surface area contributed by atoms with Gasteiger partial charge in [-0.25, -0.2) is 4.98 Å². The number of thiazole rings is 1. The Morgan fingerprint density at radius 1 is 1.40 bits per heavy atom. The molecule has 0 aliphatic rings. The number of nitrogens with one attached hydrogen (secondary N) is 2. The second kappa shape index (κ2) is 8.66. The zero-order valence-electron chi connectivity index (χ0n) is 13.2. The van der Waals surface area contributed by atoms with Crippen molar-refractivity contribution < 1.29 is 4.79 Å². The molecule has 2 rings (SSSR count). The lowest BCUT2D eigenvalue weighted by Crippen LogP contribution is -2.11. The molecule has 0 atom stereocenters. The number of rotatable bonds is 6. The Labute approximate surface area is 159 Å². The first-order valence-corrected chi connectivity index (χ1v) is 8.57. The van der Waals surface area contributed by atoms with Crippen LogP contribution < -0.4 is 16.4 Å². The lowest BCUT2D eigenvalue weighted by Gasteiger charge is -2.08. The van der Waals surface area contributed by atoms with Crippen LogP contribution in [0.3, 0.4) is 0 Å². The van der Waals surface area contributed by atoms with E-state index >= 15 is 0 Å². The number of halogens is 2. The molecular formula is C16H15Cl2N5OS. The third kappa shape index (κ3) is 5.32. The molecule has 25 heavy (non-hydrogen) atoms. The van der Waals surface area contributed by atoms with Gasteiger partial charge in [0.25, 0.3) is 5.91 Å². The first-order chi connectivity index (χ1) is 11.9. The Morgan fingerprint density at radius 2 is 2.16 bits per heavy atom. The van der Waals surface area contributed by atoms with Crippen molar-refractivity contribution in [3.8, 4) is 0 Å². The first-order valence-electron chi connectivity index (χ1n) is 6.99. The number of aliphatic imine (C=N–C) groups is 1. The number of anilines is 2. The van der Waals surface area contributed by atoms with Crippen LogP contribution in [0.25, 0.3) is 0 Å². The normalized spacial score (nSPS) is 12.0. The molecule has 1 aromatic carbocycles. The van der Waals surface area contributed by atoms with Crippen molar-refractivity contribution in [3.05, 3.63) is 63.0 Å². The van der Waals surface area contributed by atoms with Crippen LogP contribution in [-0.4, -0.2) is 17.6 Å². The van der Waals surface area contributed by atoms with Gasteiger partial charge in [0, 0.05) is 0 Å². The molecule has 1 aromatic heterocycles. The lowest BCUT2D eigenvalue weighted by atomic mass is 10.2. The summed E-state index contributed by atoms with van der Waals surface area (Å²) in [7, 11) is 0. The zero-order chi connectivity index (χ0) is 18.4.